The molecule has 1 spiro atoms. The summed E-state index contributed by atoms with van der Waals surface area (Å²) in [5.41, 5.74) is 0.0224. The molecule has 0 saturated carbocycles. The predicted octanol–water partition coefficient (Wildman–Crippen LogP) is 2.24. The molecule has 1 N–H and O–H groups in total. The molecule has 0 aromatic heterocycles. The number of imide groups is 1. The second-order valence-corrected chi connectivity index (χ2v) is 8.89. The molecular weight excluding hydrogens is 446 g/mol. The van der Waals surface area contributed by atoms with Crippen LogP contribution in [0, 0.1) is 11.8 Å². The minimum Gasteiger partial charge on any atom is -0.465 e. The molecular formula is C24H22ClN3O5. The summed E-state index contributed by atoms with van der Waals surface area (Å²) in [5, 5.41) is 3.68. The summed E-state index contributed by atoms with van der Waals surface area (Å²) in [6, 6.07) is 13.1. The fraction of sp³-hybridized carbons (Fsp3) is 0.333. The Labute approximate surface area is 195 Å². The van der Waals surface area contributed by atoms with E-state index in [2.05, 4.69) is 5.32 Å². The van der Waals surface area contributed by atoms with Gasteiger partial charge in [-0.15, -0.1) is 0 Å². The van der Waals surface area contributed by atoms with Crippen molar-refractivity contribution in [2.45, 2.75) is 25.4 Å². The number of fused-ring (bicyclic) bond motifs is 4. The minimum atomic E-state index is -1.45. The zero-order valence-electron chi connectivity index (χ0n) is 18.1. The van der Waals surface area contributed by atoms with Crippen LogP contribution in [0.25, 0.3) is 0 Å². The van der Waals surface area contributed by atoms with Crippen molar-refractivity contribution in [1.82, 2.24) is 5.32 Å². The molecule has 0 radical (unpaired) electrons. The number of rotatable bonds is 4. The summed E-state index contributed by atoms with van der Waals surface area (Å²) in [6.45, 7) is 3.40. The molecule has 33 heavy (non-hydrogen) atoms. The van der Waals surface area contributed by atoms with Crippen LogP contribution in [0.2, 0.25) is 5.02 Å². The number of esters is 1. The molecule has 3 aliphatic rings. The molecule has 9 heteroatoms. The van der Waals surface area contributed by atoms with Crippen LogP contribution < -0.4 is 15.1 Å². The summed E-state index contributed by atoms with van der Waals surface area (Å²) in [4.78, 5) is 55.9. The Morgan fingerprint density at radius 1 is 1.12 bits per heavy atom. The van der Waals surface area contributed by atoms with E-state index < -0.39 is 41.2 Å². The van der Waals surface area contributed by atoms with Crippen molar-refractivity contribution in [3.63, 3.8) is 0 Å². The zero-order valence-corrected chi connectivity index (χ0v) is 18.8. The van der Waals surface area contributed by atoms with E-state index in [0.29, 0.717) is 22.0 Å². The standard InChI is InChI=1S/C24H22ClN3O5/c1-3-33-18(29)12-27-17-10-5-4-9-16(17)24(23(27)32)20-19(13(2)26-24)21(30)28(22(20)31)15-8-6-7-14(25)11-15/h4-11,13,19-20,26H,3,12H2,1-2H3/t13-,19+,20-,24+/m1/s1. The van der Waals surface area contributed by atoms with Gasteiger partial charge in [0.15, 0.2) is 0 Å². The average Bonchev–Trinajstić information content (AvgIpc) is 3.32. The van der Waals surface area contributed by atoms with Crippen LogP contribution in [-0.4, -0.2) is 42.9 Å². The van der Waals surface area contributed by atoms with Crippen LogP contribution in [0.15, 0.2) is 48.5 Å². The number of anilines is 2. The topological polar surface area (TPSA) is 96.0 Å². The largest absolute Gasteiger partial charge is 0.465 e. The fourth-order valence-corrected chi connectivity index (χ4v) is 5.66. The number of carbonyl (C=O) groups is 4. The van der Waals surface area contributed by atoms with E-state index in [9.17, 15) is 19.2 Å². The van der Waals surface area contributed by atoms with Crippen molar-refractivity contribution in [3.05, 3.63) is 59.1 Å². The third-order valence-corrected chi connectivity index (χ3v) is 6.91. The Kier molecular flexibility index (Phi) is 5.02. The summed E-state index contributed by atoms with van der Waals surface area (Å²) in [5.74, 6) is -3.53. The second kappa shape index (κ2) is 7.67. The maximum atomic E-state index is 13.9. The van der Waals surface area contributed by atoms with Crippen molar-refractivity contribution in [1.29, 1.82) is 0 Å². The van der Waals surface area contributed by atoms with Gasteiger partial charge in [0.25, 0.3) is 5.91 Å². The van der Waals surface area contributed by atoms with Crippen molar-refractivity contribution in [3.8, 4) is 0 Å². The molecule has 2 aromatic carbocycles. The van der Waals surface area contributed by atoms with Crippen molar-refractivity contribution in [2.24, 2.45) is 11.8 Å². The molecule has 2 saturated heterocycles. The van der Waals surface area contributed by atoms with E-state index in [0.717, 1.165) is 4.90 Å². The number of ether oxygens (including phenoxy) is 1. The monoisotopic (exact) mass is 467 g/mol. The Bertz CT molecular complexity index is 1200. The van der Waals surface area contributed by atoms with E-state index in [1.807, 2.05) is 0 Å². The highest BCUT2D eigenvalue weighted by atomic mass is 35.5. The molecule has 8 nitrogen and oxygen atoms in total. The first kappa shape index (κ1) is 21.6. The lowest BCUT2D eigenvalue weighted by Gasteiger charge is -2.30. The van der Waals surface area contributed by atoms with E-state index in [1.165, 1.54) is 4.90 Å². The fourth-order valence-electron chi connectivity index (χ4n) is 5.47. The predicted molar refractivity (Wildman–Crippen MR) is 121 cm³/mol. The third-order valence-electron chi connectivity index (χ3n) is 6.67. The first-order valence-electron chi connectivity index (χ1n) is 10.8. The lowest BCUT2D eigenvalue weighted by molar-refractivity contribution is -0.142. The number of nitrogens with zero attached hydrogens (tertiary/aromatic N) is 2. The van der Waals surface area contributed by atoms with Crippen LogP contribution in [0.5, 0.6) is 0 Å². The molecule has 2 aromatic rings. The average molecular weight is 468 g/mol. The molecule has 3 heterocycles. The highest BCUT2D eigenvalue weighted by Gasteiger charge is 2.71. The van der Waals surface area contributed by atoms with Gasteiger partial charge in [0.2, 0.25) is 11.8 Å². The van der Waals surface area contributed by atoms with E-state index in [4.69, 9.17) is 16.3 Å². The van der Waals surface area contributed by atoms with Crippen molar-refractivity contribution in [2.75, 3.05) is 23.0 Å². The maximum Gasteiger partial charge on any atom is 0.326 e. The summed E-state index contributed by atoms with van der Waals surface area (Å²) in [6.07, 6.45) is 0. The van der Waals surface area contributed by atoms with Gasteiger partial charge in [-0.1, -0.05) is 35.9 Å². The van der Waals surface area contributed by atoms with E-state index >= 15 is 0 Å². The quantitative estimate of drug-likeness (QED) is 0.547. The van der Waals surface area contributed by atoms with Gasteiger partial charge in [-0.05, 0) is 38.1 Å². The number of hydrogen-bond donors (Lipinski definition) is 1. The van der Waals surface area contributed by atoms with Crippen LogP contribution in [-0.2, 0) is 29.5 Å². The number of benzene rings is 2. The van der Waals surface area contributed by atoms with Gasteiger partial charge in [-0.2, -0.15) is 0 Å². The van der Waals surface area contributed by atoms with E-state index in [-0.39, 0.29) is 19.1 Å². The number of nitrogens with one attached hydrogen (secondary N) is 1. The molecule has 0 bridgehead atoms. The van der Waals surface area contributed by atoms with Crippen molar-refractivity contribution >= 4 is 46.7 Å². The number of amides is 3. The number of carbonyl (C=O) groups excluding carboxylic acids is 4. The van der Waals surface area contributed by atoms with Gasteiger partial charge in [-0.3, -0.25) is 29.4 Å². The number of halogens is 1. The highest BCUT2D eigenvalue weighted by Crippen LogP contribution is 2.55. The Morgan fingerprint density at radius 3 is 2.61 bits per heavy atom. The lowest BCUT2D eigenvalue weighted by atomic mass is 9.76. The van der Waals surface area contributed by atoms with Gasteiger partial charge in [0, 0.05) is 22.3 Å². The third kappa shape index (κ3) is 2.94. The van der Waals surface area contributed by atoms with Crippen molar-refractivity contribution < 1.29 is 23.9 Å². The molecule has 0 aliphatic carbocycles. The van der Waals surface area contributed by atoms with Crippen LogP contribution in [0.3, 0.4) is 0 Å². The van der Waals surface area contributed by atoms with Crippen LogP contribution in [0.1, 0.15) is 19.4 Å². The normalized spacial score (nSPS) is 28.0. The molecule has 5 rings (SSSR count). The molecule has 3 aliphatic heterocycles. The van der Waals surface area contributed by atoms with Gasteiger partial charge in [-0.25, -0.2) is 4.90 Å². The first-order chi connectivity index (χ1) is 15.8. The van der Waals surface area contributed by atoms with Crippen LogP contribution in [0.4, 0.5) is 11.4 Å². The highest BCUT2D eigenvalue weighted by molar-refractivity contribution is 6.31. The van der Waals surface area contributed by atoms with E-state index in [1.54, 1.807) is 62.4 Å². The maximum absolute atomic E-state index is 13.9. The molecule has 4 atom stereocenters. The second-order valence-electron chi connectivity index (χ2n) is 8.45. The molecule has 2 fully saturated rings. The van der Waals surface area contributed by atoms with Crippen LogP contribution >= 0.6 is 11.6 Å². The zero-order chi connectivity index (χ0) is 23.5. The Balaban J connectivity index is 1.62. The molecule has 170 valence electrons. The first-order valence-corrected chi connectivity index (χ1v) is 11.2. The summed E-state index contributed by atoms with van der Waals surface area (Å²) in [7, 11) is 0. The smallest absolute Gasteiger partial charge is 0.326 e. The minimum absolute atomic E-state index is 0.190. The Hall–Kier alpha value is -3.23. The number of para-hydroxylation sites is 1. The van der Waals surface area contributed by atoms with Gasteiger partial charge >= 0.3 is 5.97 Å². The van der Waals surface area contributed by atoms with Gasteiger partial charge in [0.1, 0.15) is 12.1 Å². The Morgan fingerprint density at radius 2 is 1.88 bits per heavy atom. The molecule has 0 unspecified atom stereocenters. The molecule has 3 amide bonds. The lowest BCUT2D eigenvalue weighted by Crippen LogP contribution is -2.55. The van der Waals surface area contributed by atoms with Gasteiger partial charge in [0.05, 0.1) is 24.1 Å². The SMILES string of the molecule is CCOC(=O)CN1C(=O)[C@]2(N[C@H](C)[C@@H]3C(=O)N(c4cccc(Cl)c4)C(=O)[C@@H]32)c2ccccc21. The summed E-state index contributed by atoms with van der Waals surface area (Å²) < 4.78 is 5.06. The number of hydrogen-bond acceptors (Lipinski definition) is 6. The summed E-state index contributed by atoms with van der Waals surface area (Å²) >= 11 is 6.11. The van der Waals surface area contributed by atoms with Gasteiger partial charge < -0.3 is 4.74 Å².